The van der Waals surface area contributed by atoms with Crippen LogP contribution in [0.2, 0.25) is 0 Å². The van der Waals surface area contributed by atoms with Gasteiger partial charge in [-0.3, -0.25) is 0 Å². The topological polar surface area (TPSA) is 40.5 Å². The Morgan fingerprint density at radius 2 is 1.74 bits per heavy atom. The monoisotopic (exact) mass is 430 g/mol. The average molecular weight is 431 g/mol. The third-order valence-corrected chi connectivity index (χ3v) is 11.3. The van der Waals surface area contributed by atoms with Crippen molar-refractivity contribution in [1.29, 1.82) is 0 Å². The molecule has 0 heterocycles. The lowest BCUT2D eigenvalue weighted by Crippen LogP contribution is -2.50. The molecule has 3 saturated carbocycles. The fourth-order valence-corrected chi connectivity index (χ4v) is 9.27. The van der Waals surface area contributed by atoms with Crippen molar-refractivity contribution in [3.63, 3.8) is 0 Å². The van der Waals surface area contributed by atoms with Crippen molar-refractivity contribution < 1.29 is 10.2 Å². The van der Waals surface area contributed by atoms with Gasteiger partial charge < -0.3 is 10.2 Å². The van der Waals surface area contributed by atoms with E-state index in [9.17, 15) is 10.2 Å². The summed E-state index contributed by atoms with van der Waals surface area (Å²) in [5, 5.41) is 19.7. The van der Waals surface area contributed by atoms with E-state index in [2.05, 4.69) is 40.7 Å². The predicted octanol–water partition coefficient (Wildman–Crippen LogP) is 7.00. The lowest BCUT2D eigenvalue weighted by Gasteiger charge is -2.58. The number of aliphatic hydroxyl groups is 2. The highest BCUT2D eigenvalue weighted by atomic mass is 16.3. The van der Waals surface area contributed by atoms with Crippen LogP contribution in [0.4, 0.5) is 0 Å². The Morgan fingerprint density at radius 1 is 0.968 bits per heavy atom. The van der Waals surface area contributed by atoms with Crippen LogP contribution in [-0.2, 0) is 0 Å². The van der Waals surface area contributed by atoms with Crippen molar-refractivity contribution >= 4 is 0 Å². The number of fused-ring (bicyclic) bond motifs is 5. The average Bonchev–Trinajstić information content (AvgIpc) is 3.08. The van der Waals surface area contributed by atoms with Crippen molar-refractivity contribution in [2.45, 2.75) is 111 Å². The van der Waals surface area contributed by atoms with Gasteiger partial charge in [0.2, 0.25) is 0 Å². The van der Waals surface area contributed by atoms with Crippen LogP contribution in [0.3, 0.4) is 0 Å². The van der Waals surface area contributed by atoms with Crippen LogP contribution in [0.5, 0.6) is 0 Å². The summed E-state index contributed by atoms with van der Waals surface area (Å²) in [7, 11) is 0. The van der Waals surface area contributed by atoms with E-state index in [1.54, 1.807) is 5.57 Å². The lowest BCUT2D eigenvalue weighted by molar-refractivity contribution is -0.0575. The maximum Gasteiger partial charge on any atom is 0.0577 e. The molecule has 0 aliphatic heterocycles. The van der Waals surface area contributed by atoms with Crippen molar-refractivity contribution in [3.8, 4) is 0 Å². The van der Waals surface area contributed by atoms with Gasteiger partial charge in [0.25, 0.3) is 0 Å². The summed E-state index contributed by atoms with van der Waals surface area (Å²) in [4.78, 5) is 0. The zero-order chi connectivity index (χ0) is 22.4. The fraction of sp³-hybridized carbons (Fsp3) is 0.931. The zero-order valence-corrected chi connectivity index (χ0v) is 21.1. The van der Waals surface area contributed by atoms with Gasteiger partial charge in [-0.25, -0.2) is 0 Å². The molecule has 0 aromatic rings. The Hall–Kier alpha value is -0.340. The molecular weight excluding hydrogens is 380 g/mol. The summed E-state index contributed by atoms with van der Waals surface area (Å²) in [6.07, 6.45) is 16.2. The first-order valence-electron chi connectivity index (χ1n) is 13.7. The Balaban J connectivity index is 1.46. The van der Waals surface area contributed by atoms with Crippen molar-refractivity contribution in [1.82, 2.24) is 0 Å². The number of rotatable bonds is 7. The highest BCUT2D eigenvalue weighted by Crippen LogP contribution is 2.67. The second-order valence-electron chi connectivity index (χ2n) is 13.0. The Kier molecular flexibility index (Phi) is 7.01. The second-order valence-corrected chi connectivity index (χ2v) is 13.0. The second kappa shape index (κ2) is 9.13. The van der Waals surface area contributed by atoms with Gasteiger partial charge in [0.05, 0.1) is 6.10 Å². The third-order valence-electron chi connectivity index (χ3n) is 11.3. The maximum atomic E-state index is 10.2. The Labute approximate surface area is 192 Å². The van der Waals surface area contributed by atoms with Gasteiger partial charge >= 0.3 is 0 Å². The fourth-order valence-electron chi connectivity index (χ4n) is 9.27. The molecule has 2 N–H and O–H groups in total. The molecule has 31 heavy (non-hydrogen) atoms. The number of aliphatic hydroxyl groups excluding tert-OH is 2. The van der Waals surface area contributed by atoms with Gasteiger partial charge in [-0.05, 0) is 116 Å². The minimum absolute atomic E-state index is 0.0954. The molecule has 2 nitrogen and oxygen atoms in total. The molecule has 9 atom stereocenters. The molecule has 3 fully saturated rings. The van der Waals surface area contributed by atoms with E-state index in [1.165, 1.54) is 51.4 Å². The first-order valence-corrected chi connectivity index (χ1v) is 13.7. The van der Waals surface area contributed by atoms with Crippen LogP contribution in [0.15, 0.2) is 11.6 Å². The van der Waals surface area contributed by atoms with Gasteiger partial charge in [-0.2, -0.15) is 0 Å². The highest BCUT2D eigenvalue weighted by molar-refractivity contribution is 5.25. The molecule has 178 valence electrons. The summed E-state index contributed by atoms with van der Waals surface area (Å²) in [5.41, 5.74) is 2.49. The molecule has 0 bridgehead atoms. The largest absolute Gasteiger partial charge is 0.396 e. The van der Waals surface area contributed by atoms with Crippen LogP contribution in [0.1, 0.15) is 105 Å². The summed E-state index contributed by atoms with van der Waals surface area (Å²) >= 11 is 0. The predicted molar refractivity (Wildman–Crippen MR) is 130 cm³/mol. The molecule has 4 rings (SSSR count). The molecule has 0 radical (unpaired) electrons. The van der Waals surface area contributed by atoms with E-state index in [0.717, 1.165) is 48.9 Å². The van der Waals surface area contributed by atoms with E-state index < -0.39 is 0 Å². The van der Waals surface area contributed by atoms with E-state index in [0.29, 0.717) is 29.3 Å². The van der Waals surface area contributed by atoms with Gasteiger partial charge in [0, 0.05) is 6.61 Å². The standard InChI is InChI=1S/C29H50O2/c1-19(2)21(14-17-30)7-6-20(3)25-10-11-26-24-9-8-22-18-23(31)12-15-28(22,4)27(24)13-16-29(25,26)5/h8,19-21,23-27,30-31H,6-7,9-18H2,1-5H3/t20-,21+,23+,24+,25-,26+,27+,28+,29-/m1/s1. The number of allylic oxidation sites excluding steroid dienone is 1. The highest BCUT2D eigenvalue weighted by Gasteiger charge is 2.59. The minimum Gasteiger partial charge on any atom is -0.396 e. The molecule has 0 amide bonds. The van der Waals surface area contributed by atoms with Gasteiger partial charge in [0.15, 0.2) is 0 Å². The van der Waals surface area contributed by atoms with Gasteiger partial charge in [-0.1, -0.05) is 52.7 Å². The first kappa shape index (κ1) is 23.8. The third kappa shape index (κ3) is 4.18. The normalized spacial score (nSPS) is 44.3. The lowest BCUT2D eigenvalue weighted by atomic mass is 9.47. The van der Waals surface area contributed by atoms with Crippen LogP contribution < -0.4 is 0 Å². The quantitative estimate of drug-likeness (QED) is 0.427. The van der Waals surface area contributed by atoms with Crippen molar-refractivity contribution in [2.24, 2.45) is 52.3 Å². The molecule has 0 aromatic carbocycles. The molecular formula is C29H50O2. The Morgan fingerprint density at radius 3 is 2.45 bits per heavy atom. The molecule has 0 aromatic heterocycles. The molecule has 2 heteroatoms. The summed E-state index contributed by atoms with van der Waals surface area (Å²) in [6.45, 7) is 12.8. The molecule has 4 aliphatic carbocycles. The molecule has 0 unspecified atom stereocenters. The zero-order valence-electron chi connectivity index (χ0n) is 21.1. The summed E-state index contributed by atoms with van der Waals surface area (Å²) in [5.74, 6) is 5.67. The van der Waals surface area contributed by atoms with Crippen LogP contribution >= 0.6 is 0 Å². The maximum absolute atomic E-state index is 10.2. The molecule has 0 spiro atoms. The smallest absolute Gasteiger partial charge is 0.0577 e. The van der Waals surface area contributed by atoms with Gasteiger partial charge in [0.1, 0.15) is 0 Å². The van der Waals surface area contributed by atoms with Crippen molar-refractivity contribution in [3.05, 3.63) is 11.6 Å². The number of hydrogen-bond donors (Lipinski definition) is 2. The van der Waals surface area contributed by atoms with Crippen LogP contribution in [0, 0.1) is 52.3 Å². The summed E-state index contributed by atoms with van der Waals surface area (Å²) in [6, 6.07) is 0. The van der Waals surface area contributed by atoms with E-state index in [1.807, 2.05) is 0 Å². The molecule has 4 aliphatic rings. The Bertz CT molecular complexity index is 653. The van der Waals surface area contributed by atoms with Gasteiger partial charge in [-0.15, -0.1) is 0 Å². The van der Waals surface area contributed by atoms with E-state index >= 15 is 0 Å². The van der Waals surface area contributed by atoms with E-state index in [-0.39, 0.29) is 6.10 Å². The van der Waals surface area contributed by atoms with Crippen LogP contribution in [-0.4, -0.2) is 22.9 Å². The minimum atomic E-state index is -0.0954. The van der Waals surface area contributed by atoms with Crippen LogP contribution in [0.25, 0.3) is 0 Å². The first-order chi connectivity index (χ1) is 14.7. The molecule has 0 saturated heterocycles. The summed E-state index contributed by atoms with van der Waals surface area (Å²) < 4.78 is 0. The van der Waals surface area contributed by atoms with Crippen molar-refractivity contribution in [2.75, 3.05) is 6.61 Å². The van der Waals surface area contributed by atoms with E-state index in [4.69, 9.17) is 0 Å². The number of hydrogen-bond acceptors (Lipinski definition) is 2. The SMILES string of the molecule is CC(C)[C@H](CCO)CC[C@@H](C)[C@H]1CC[C@H]2[C@@H]3CC=C4C[C@@H](O)CC[C@]4(C)[C@H]3CC[C@]12C.